The topological polar surface area (TPSA) is 20.7 Å². The lowest BCUT2D eigenvalue weighted by molar-refractivity contribution is 0.608. The molecule has 1 saturated carbocycles. The third-order valence-corrected chi connectivity index (χ3v) is 4.17. The molecule has 0 atom stereocenters. The Hall–Kier alpha value is -1.42. The van der Waals surface area contributed by atoms with Crippen LogP contribution in [0.1, 0.15) is 42.9 Å². The number of nitrogens with one attached hydrogen (secondary N) is 1. The van der Waals surface area contributed by atoms with Gasteiger partial charge in [0.1, 0.15) is 10.5 Å². The summed E-state index contributed by atoms with van der Waals surface area (Å²) in [5, 5.41) is 3.38. The molecule has 0 spiro atoms. The molecular formula is C15H17FN2S. The van der Waals surface area contributed by atoms with Crippen LogP contribution in [0.4, 0.5) is 4.39 Å². The molecule has 1 heterocycles. The zero-order valence-corrected chi connectivity index (χ0v) is 11.5. The third kappa shape index (κ3) is 2.78. The Morgan fingerprint density at radius 3 is 2.79 bits per heavy atom. The quantitative estimate of drug-likeness (QED) is 0.824. The zero-order valence-electron chi connectivity index (χ0n) is 10.7. The summed E-state index contributed by atoms with van der Waals surface area (Å²) in [6.07, 6.45) is 5.10. The molecule has 2 aromatic rings. The maximum Gasteiger partial charge on any atom is 0.123 e. The molecule has 0 amide bonds. The number of halogens is 1. The molecule has 0 saturated heterocycles. The molecule has 1 aromatic heterocycles. The van der Waals surface area contributed by atoms with Crippen molar-refractivity contribution in [1.29, 1.82) is 0 Å². The third-order valence-electron chi connectivity index (χ3n) is 3.83. The van der Waals surface area contributed by atoms with Crippen LogP contribution in [0.2, 0.25) is 0 Å². The van der Waals surface area contributed by atoms with E-state index >= 15 is 0 Å². The second kappa shape index (κ2) is 5.29. The van der Waals surface area contributed by atoms with Gasteiger partial charge in [-0.25, -0.2) is 4.39 Å². The number of aromatic amines is 1. The second-order valence-corrected chi connectivity index (χ2v) is 5.67. The molecule has 1 fully saturated rings. The van der Waals surface area contributed by atoms with Crippen LogP contribution in [-0.2, 0) is 6.54 Å². The standard InChI is InChI=1S/C15H17FN2S/c16-13-7-3-4-11(8-13)10-18-15(19)9-14(17-18)12-5-1-2-6-12/h3-4,7-9,12,17H,1-2,5-6,10H2. The average Bonchev–Trinajstić information content (AvgIpc) is 3.00. The van der Waals surface area contributed by atoms with E-state index in [1.165, 1.54) is 37.4 Å². The molecule has 19 heavy (non-hydrogen) atoms. The molecule has 100 valence electrons. The van der Waals surface area contributed by atoms with Crippen molar-refractivity contribution in [1.82, 2.24) is 9.78 Å². The molecule has 1 aliphatic rings. The molecule has 1 N–H and O–H groups in total. The molecule has 2 nitrogen and oxygen atoms in total. The smallest absolute Gasteiger partial charge is 0.123 e. The van der Waals surface area contributed by atoms with Gasteiger partial charge in [-0.3, -0.25) is 4.68 Å². The molecule has 3 rings (SSSR count). The van der Waals surface area contributed by atoms with Gasteiger partial charge in [-0.15, -0.1) is 0 Å². The fraction of sp³-hybridized carbons (Fsp3) is 0.400. The zero-order chi connectivity index (χ0) is 13.2. The van der Waals surface area contributed by atoms with Gasteiger partial charge in [0.2, 0.25) is 0 Å². The van der Waals surface area contributed by atoms with Crippen LogP contribution in [-0.4, -0.2) is 9.78 Å². The number of nitrogens with zero attached hydrogens (tertiary/aromatic N) is 1. The lowest BCUT2D eigenvalue weighted by Crippen LogP contribution is -2.03. The Labute approximate surface area is 117 Å². The van der Waals surface area contributed by atoms with Crippen molar-refractivity contribution in [3.8, 4) is 0 Å². The summed E-state index contributed by atoms with van der Waals surface area (Å²) >= 11 is 5.38. The van der Waals surface area contributed by atoms with Crippen LogP contribution in [0.15, 0.2) is 30.3 Å². The minimum absolute atomic E-state index is 0.202. The highest BCUT2D eigenvalue weighted by Gasteiger charge is 2.19. The first-order chi connectivity index (χ1) is 9.22. The second-order valence-electron chi connectivity index (χ2n) is 5.25. The summed E-state index contributed by atoms with van der Waals surface area (Å²) in [7, 11) is 0. The van der Waals surface area contributed by atoms with Crippen molar-refractivity contribution >= 4 is 12.2 Å². The first kappa shape index (κ1) is 12.6. The maximum atomic E-state index is 13.2. The summed E-state index contributed by atoms with van der Waals surface area (Å²) in [4.78, 5) is 0. The van der Waals surface area contributed by atoms with Gasteiger partial charge in [-0.1, -0.05) is 37.2 Å². The van der Waals surface area contributed by atoms with Gasteiger partial charge in [-0.05, 0) is 36.6 Å². The van der Waals surface area contributed by atoms with E-state index in [1.807, 2.05) is 10.7 Å². The Morgan fingerprint density at radius 1 is 1.26 bits per heavy atom. The Bertz CT molecular complexity index is 623. The number of rotatable bonds is 3. The summed E-state index contributed by atoms with van der Waals surface area (Å²) in [6.45, 7) is 0.601. The lowest BCUT2D eigenvalue weighted by atomic mass is 10.1. The van der Waals surface area contributed by atoms with Gasteiger partial charge >= 0.3 is 0 Å². The number of H-pyrrole nitrogens is 1. The van der Waals surface area contributed by atoms with Crippen LogP contribution in [0, 0.1) is 10.5 Å². The Balaban J connectivity index is 1.83. The van der Waals surface area contributed by atoms with Gasteiger partial charge in [-0.2, -0.15) is 0 Å². The van der Waals surface area contributed by atoms with Gasteiger partial charge in [0.25, 0.3) is 0 Å². The minimum Gasteiger partial charge on any atom is -0.301 e. The number of benzene rings is 1. The highest BCUT2D eigenvalue weighted by atomic mass is 32.1. The van der Waals surface area contributed by atoms with Gasteiger partial charge in [0.05, 0.1) is 6.54 Å². The highest BCUT2D eigenvalue weighted by Crippen LogP contribution is 2.33. The van der Waals surface area contributed by atoms with Crippen molar-refractivity contribution < 1.29 is 4.39 Å². The normalized spacial score (nSPS) is 16.1. The molecule has 1 aromatic carbocycles. The van der Waals surface area contributed by atoms with E-state index in [1.54, 1.807) is 12.1 Å². The first-order valence-corrected chi connectivity index (χ1v) is 7.17. The van der Waals surface area contributed by atoms with Crippen molar-refractivity contribution in [3.63, 3.8) is 0 Å². The predicted octanol–water partition coefficient (Wildman–Crippen LogP) is 4.39. The van der Waals surface area contributed by atoms with E-state index in [0.29, 0.717) is 12.5 Å². The summed E-state index contributed by atoms with van der Waals surface area (Å²) in [6, 6.07) is 8.72. The Morgan fingerprint density at radius 2 is 2.05 bits per heavy atom. The van der Waals surface area contributed by atoms with Crippen molar-refractivity contribution in [3.05, 3.63) is 52.0 Å². The molecule has 0 bridgehead atoms. The number of hydrogen-bond acceptors (Lipinski definition) is 1. The van der Waals surface area contributed by atoms with Crippen LogP contribution in [0.5, 0.6) is 0 Å². The number of hydrogen-bond donors (Lipinski definition) is 1. The molecule has 0 unspecified atom stereocenters. The monoisotopic (exact) mass is 276 g/mol. The van der Waals surface area contributed by atoms with Crippen LogP contribution >= 0.6 is 12.2 Å². The van der Waals surface area contributed by atoms with E-state index in [2.05, 4.69) is 11.2 Å². The summed E-state index contributed by atoms with van der Waals surface area (Å²) in [5.41, 5.74) is 2.16. The molecule has 4 heteroatoms. The van der Waals surface area contributed by atoms with Crippen molar-refractivity contribution in [2.24, 2.45) is 0 Å². The lowest BCUT2D eigenvalue weighted by Gasteiger charge is -2.07. The fourth-order valence-electron chi connectivity index (χ4n) is 2.84. The fourth-order valence-corrected chi connectivity index (χ4v) is 3.07. The maximum absolute atomic E-state index is 13.2. The van der Waals surface area contributed by atoms with Crippen LogP contribution < -0.4 is 0 Å². The molecule has 0 aliphatic heterocycles. The van der Waals surface area contributed by atoms with Crippen molar-refractivity contribution in [2.75, 3.05) is 0 Å². The van der Waals surface area contributed by atoms with Crippen molar-refractivity contribution in [2.45, 2.75) is 38.1 Å². The van der Waals surface area contributed by atoms with E-state index in [9.17, 15) is 4.39 Å². The first-order valence-electron chi connectivity index (χ1n) is 6.76. The Kier molecular flexibility index (Phi) is 3.51. The molecular weight excluding hydrogens is 259 g/mol. The van der Waals surface area contributed by atoms with E-state index < -0.39 is 0 Å². The average molecular weight is 276 g/mol. The van der Waals surface area contributed by atoms with E-state index in [-0.39, 0.29) is 5.82 Å². The highest BCUT2D eigenvalue weighted by molar-refractivity contribution is 7.71. The van der Waals surface area contributed by atoms with Gasteiger partial charge in [0.15, 0.2) is 0 Å². The minimum atomic E-state index is -0.202. The van der Waals surface area contributed by atoms with Crippen LogP contribution in [0.25, 0.3) is 0 Å². The SMILES string of the molecule is Fc1cccc(Cn2[nH]c(C3CCCC3)cc2=S)c1. The van der Waals surface area contributed by atoms with Gasteiger partial charge < -0.3 is 5.10 Å². The van der Waals surface area contributed by atoms with Gasteiger partial charge in [0, 0.05) is 11.6 Å². The molecule has 0 radical (unpaired) electrons. The summed E-state index contributed by atoms with van der Waals surface area (Å²) < 4.78 is 15.9. The predicted molar refractivity (Wildman–Crippen MR) is 76.3 cm³/mol. The summed E-state index contributed by atoms with van der Waals surface area (Å²) in [5.74, 6) is 0.419. The molecule has 1 aliphatic carbocycles. The van der Waals surface area contributed by atoms with E-state index in [4.69, 9.17) is 12.2 Å². The number of aromatic nitrogens is 2. The van der Waals surface area contributed by atoms with Crippen LogP contribution in [0.3, 0.4) is 0 Å². The largest absolute Gasteiger partial charge is 0.301 e. The van der Waals surface area contributed by atoms with E-state index in [0.717, 1.165) is 10.2 Å².